The Kier molecular flexibility index (Phi) is 2.88. The second-order valence-electron chi connectivity index (χ2n) is 5.06. The van der Waals surface area contributed by atoms with E-state index < -0.39 is 0 Å². The minimum absolute atomic E-state index is 0.0297. The largest absolute Gasteiger partial charge is 0.382 e. The van der Waals surface area contributed by atoms with Crippen LogP contribution in [0.25, 0.3) is 0 Å². The number of amides is 2. The molecule has 2 N–H and O–H groups in total. The molecule has 1 aromatic rings. The Balaban J connectivity index is 1.61. The Bertz CT molecular complexity index is 512. The molecule has 0 aromatic carbocycles. The van der Waals surface area contributed by atoms with E-state index in [0.717, 1.165) is 6.42 Å². The number of nitrogens with two attached hydrogens (primary N) is 1. The number of fused-ring (bicyclic) bond motifs is 1. The van der Waals surface area contributed by atoms with Crippen LogP contribution >= 0.6 is 0 Å². The summed E-state index contributed by atoms with van der Waals surface area (Å²) in [4.78, 5) is 27.5. The van der Waals surface area contributed by atoms with Crippen LogP contribution in [0.2, 0.25) is 0 Å². The predicted molar refractivity (Wildman–Crippen MR) is 68.0 cm³/mol. The van der Waals surface area contributed by atoms with Crippen molar-refractivity contribution in [3.8, 4) is 0 Å². The smallest absolute Gasteiger partial charge is 0.244 e. The minimum Gasteiger partial charge on any atom is -0.382 e. The molecule has 1 unspecified atom stereocenters. The van der Waals surface area contributed by atoms with E-state index in [1.54, 1.807) is 16.9 Å². The van der Waals surface area contributed by atoms with Crippen molar-refractivity contribution in [2.45, 2.75) is 25.4 Å². The van der Waals surface area contributed by atoms with E-state index in [4.69, 9.17) is 5.73 Å². The van der Waals surface area contributed by atoms with Crippen molar-refractivity contribution < 1.29 is 9.59 Å². The van der Waals surface area contributed by atoms with E-state index in [1.807, 2.05) is 9.80 Å². The molecule has 0 aliphatic carbocycles. The Morgan fingerprint density at radius 3 is 3.05 bits per heavy atom. The molecule has 0 saturated carbocycles. The minimum atomic E-state index is 0.0297. The van der Waals surface area contributed by atoms with Gasteiger partial charge in [-0.3, -0.25) is 14.3 Å². The third-order valence-electron chi connectivity index (χ3n) is 3.81. The monoisotopic (exact) mass is 263 g/mol. The average molecular weight is 263 g/mol. The number of piperazine rings is 1. The normalized spacial score (nSPS) is 22.7. The average Bonchev–Trinajstić information content (AvgIpc) is 2.96. The Labute approximate surface area is 110 Å². The summed E-state index contributed by atoms with van der Waals surface area (Å²) in [6, 6.07) is 1.87. The van der Waals surface area contributed by atoms with Gasteiger partial charge in [0.1, 0.15) is 12.4 Å². The number of carbonyl (C=O) groups is 2. The van der Waals surface area contributed by atoms with Gasteiger partial charge < -0.3 is 15.5 Å². The fourth-order valence-corrected chi connectivity index (χ4v) is 2.79. The number of nitrogens with zero attached hydrogens (tertiary/aromatic N) is 4. The SMILES string of the molecule is Nc1ccn(CC(=O)N2CCN3C(=O)CCC3C2)n1. The highest BCUT2D eigenvalue weighted by molar-refractivity contribution is 5.80. The first-order chi connectivity index (χ1) is 9.13. The maximum atomic E-state index is 12.2. The van der Waals surface area contributed by atoms with Gasteiger partial charge >= 0.3 is 0 Å². The van der Waals surface area contributed by atoms with Crippen molar-refractivity contribution in [2.24, 2.45) is 0 Å². The molecule has 7 heteroatoms. The number of anilines is 1. The molecule has 7 nitrogen and oxygen atoms in total. The van der Waals surface area contributed by atoms with Crippen LogP contribution in [0.5, 0.6) is 0 Å². The lowest BCUT2D eigenvalue weighted by atomic mass is 10.1. The number of rotatable bonds is 2. The summed E-state index contributed by atoms with van der Waals surface area (Å²) in [5.74, 6) is 0.665. The van der Waals surface area contributed by atoms with Crippen molar-refractivity contribution in [3.05, 3.63) is 12.3 Å². The molecule has 102 valence electrons. The first-order valence-corrected chi connectivity index (χ1v) is 6.49. The van der Waals surface area contributed by atoms with E-state index in [-0.39, 0.29) is 24.4 Å². The van der Waals surface area contributed by atoms with Gasteiger partial charge in [-0.15, -0.1) is 0 Å². The van der Waals surface area contributed by atoms with Gasteiger partial charge in [-0.05, 0) is 12.5 Å². The standard InChI is InChI=1S/C12H17N5O2/c13-10-3-4-16(14-10)8-12(19)15-5-6-17-9(7-15)1-2-11(17)18/h3-4,9H,1-2,5-8H2,(H2,13,14). The predicted octanol–water partition coefficient (Wildman–Crippen LogP) is -0.702. The van der Waals surface area contributed by atoms with Crippen LogP contribution in [0.4, 0.5) is 5.82 Å². The third kappa shape index (κ3) is 2.27. The molecule has 0 bridgehead atoms. The van der Waals surface area contributed by atoms with Crippen LogP contribution in [0.15, 0.2) is 12.3 Å². The molecule has 3 rings (SSSR count). The van der Waals surface area contributed by atoms with Crippen LogP contribution in [0, 0.1) is 0 Å². The molecule has 3 heterocycles. The molecule has 2 aliphatic rings. The molecule has 19 heavy (non-hydrogen) atoms. The summed E-state index contributed by atoms with van der Waals surface area (Å²) in [7, 11) is 0. The third-order valence-corrected chi connectivity index (χ3v) is 3.81. The second kappa shape index (κ2) is 4.56. The number of carbonyl (C=O) groups excluding carboxylic acids is 2. The summed E-state index contributed by atoms with van der Waals surface area (Å²) in [5, 5.41) is 4.01. The lowest BCUT2D eigenvalue weighted by Crippen LogP contribution is -2.53. The molecule has 2 aliphatic heterocycles. The molecule has 2 fully saturated rings. The highest BCUT2D eigenvalue weighted by Gasteiger charge is 2.36. The fraction of sp³-hybridized carbons (Fsp3) is 0.583. The molecular formula is C12H17N5O2. The Morgan fingerprint density at radius 1 is 1.47 bits per heavy atom. The van der Waals surface area contributed by atoms with E-state index in [2.05, 4.69) is 5.10 Å². The first kappa shape index (κ1) is 12.0. The van der Waals surface area contributed by atoms with Gasteiger partial charge in [0.25, 0.3) is 0 Å². The topological polar surface area (TPSA) is 84.5 Å². The van der Waals surface area contributed by atoms with E-state index in [9.17, 15) is 9.59 Å². The molecular weight excluding hydrogens is 246 g/mol. The number of nitrogen functional groups attached to an aromatic ring is 1. The molecule has 1 atom stereocenters. The van der Waals surface area contributed by atoms with Gasteiger partial charge in [-0.2, -0.15) is 5.10 Å². The Morgan fingerprint density at radius 2 is 2.32 bits per heavy atom. The zero-order chi connectivity index (χ0) is 13.4. The summed E-state index contributed by atoms with van der Waals surface area (Å²) >= 11 is 0. The van der Waals surface area contributed by atoms with E-state index in [0.29, 0.717) is 31.9 Å². The molecule has 1 aromatic heterocycles. The van der Waals surface area contributed by atoms with Crippen LogP contribution in [0.1, 0.15) is 12.8 Å². The van der Waals surface area contributed by atoms with Gasteiger partial charge in [0, 0.05) is 38.3 Å². The van der Waals surface area contributed by atoms with Crippen LogP contribution in [-0.2, 0) is 16.1 Å². The lowest BCUT2D eigenvalue weighted by molar-refractivity contribution is -0.139. The van der Waals surface area contributed by atoms with Crippen LogP contribution in [-0.4, -0.2) is 57.1 Å². The van der Waals surface area contributed by atoms with Crippen molar-refractivity contribution in [2.75, 3.05) is 25.4 Å². The molecule has 2 amide bonds. The van der Waals surface area contributed by atoms with Gasteiger partial charge in [0.05, 0.1) is 0 Å². The molecule has 0 spiro atoms. The van der Waals surface area contributed by atoms with Crippen molar-refractivity contribution in [1.82, 2.24) is 19.6 Å². The van der Waals surface area contributed by atoms with Crippen LogP contribution < -0.4 is 5.73 Å². The second-order valence-corrected chi connectivity index (χ2v) is 5.06. The maximum Gasteiger partial charge on any atom is 0.244 e. The summed E-state index contributed by atoms with van der Waals surface area (Å²) in [6.07, 6.45) is 3.17. The quantitative estimate of drug-likeness (QED) is 0.764. The van der Waals surface area contributed by atoms with Gasteiger partial charge in [0.15, 0.2) is 0 Å². The van der Waals surface area contributed by atoms with Crippen molar-refractivity contribution in [3.63, 3.8) is 0 Å². The summed E-state index contributed by atoms with van der Waals surface area (Å²) in [6.45, 7) is 2.10. The zero-order valence-electron chi connectivity index (χ0n) is 10.7. The summed E-state index contributed by atoms with van der Waals surface area (Å²) < 4.78 is 1.55. The lowest BCUT2D eigenvalue weighted by Gasteiger charge is -2.37. The highest BCUT2D eigenvalue weighted by atomic mass is 16.2. The van der Waals surface area contributed by atoms with Gasteiger partial charge in [-0.1, -0.05) is 0 Å². The van der Waals surface area contributed by atoms with Crippen LogP contribution in [0.3, 0.4) is 0 Å². The number of hydrogen-bond acceptors (Lipinski definition) is 4. The van der Waals surface area contributed by atoms with E-state index in [1.165, 1.54) is 0 Å². The fourth-order valence-electron chi connectivity index (χ4n) is 2.79. The molecule has 2 saturated heterocycles. The maximum absolute atomic E-state index is 12.2. The van der Waals surface area contributed by atoms with Gasteiger partial charge in [0.2, 0.25) is 11.8 Å². The van der Waals surface area contributed by atoms with Crippen molar-refractivity contribution >= 4 is 17.6 Å². The first-order valence-electron chi connectivity index (χ1n) is 6.49. The summed E-state index contributed by atoms with van der Waals surface area (Å²) in [5.41, 5.74) is 5.52. The van der Waals surface area contributed by atoms with Gasteiger partial charge in [-0.25, -0.2) is 0 Å². The number of aromatic nitrogens is 2. The zero-order valence-corrected chi connectivity index (χ0v) is 10.7. The van der Waals surface area contributed by atoms with Crippen molar-refractivity contribution in [1.29, 1.82) is 0 Å². The molecule has 0 radical (unpaired) electrons. The van der Waals surface area contributed by atoms with E-state index >= 15 is 0 Å². The highest BCUT2D eigenvalue weighted by Crippen LogP contribution is 2.22. The Hall–Kier alpha value is -2.05. The number of hydrogen-bond donors (Lipinski definition) is 1.